The Morgan fingerprint density at radius 1 is 1.09 bits per heavy atom. The summed E-state index contributed by atoms with van der Waals surface area (Å²) < 4.78 is 33.5. The number of amides is 1. The number of sulfonamides is 1. The first-order valence-electron chi connectivity index (χ1n) is 10.3. The van der Waals surface area contributed by atoms with Crippen LogP contribution in [-0.4, -0.2) is 39.5 Å². The van der Waals surface area contributed by atoms with Crippen LogP contribution in [0.15, 0.2) is 65.7 Å². The quantitative estimate of drug-likeness (QED) is 0.513. The fourth-order valence-corrected chi connectivity index (χ4v) is 4.84. The van der Waals surface area contributed by atoms with Gasteiger partial charge in [0.1, 0.15) is 11.6 Å². The molecule has 1 amide bonds. The Hall–Kier alpha value is -3.30. The lowest BCUT2D eigenvalue weighted by Crippen LogP contribution is -2.19. The highest BCUT2D eigenvalue weighted by Crippen LogP contribution is 2.30. The predicted octanol–water partition coefficient (Wildman–Crippen LogP) is 4.40. The largest absolute Gasteiger partial charge is 0.495 e. The number of rotatable bonds is 7. The molecule has 2 N–H and O–H groups in total. The smallest absolute Gasteiger partial charge is 0.262 e. The maximum atomic E-state index is 12.9. The van der Waals surface area contributed by atoms with Gasteiger partial charge in [-0.3, -0.25) is 9.52 Å². The molecule has 0 aliphatic carbocycles. The molecular formula is C23H23ClN4O4S. The third-order valence-electron chi connectivity index (χ3n) is 5.25. The van der Waals surface area contributed by atoms with E-state index >= 15 is 0 Å². The van der Waals surface area contributed by atoms with Gasteiger partial charge in [-0.2, -0.15) is 0 Å². The van der Waals surface area contributed by atoms with Crippen molar-refractivity contribution in [2.24, 2.45) is 0 Å². The number of hydrogen-bond acceptors (Lipinski definition) is 6. The summed E-state index contributed by atoms with van der Waals surface area (Å²) in [5, 5.41) is 3.11. The minimum absolute atomic E-state index is 0.0697. The Bertz CT molecular complexity index is 1260. The van der Waals surface area contributed by atoms with Crippen molar-refractivity contribution in [3.8, 4) is 5.75 Å². The van der Waals surface area contributed by atoms with E-state index in [0.29, 0.717) is 16.5 Å². The van der Waals surface area contributed by atoms with Crippen LogP contribution in [0.2, 0.25) is 5.02 Å². The lowest BCUT2D eigenvalue weighted by atomic mass is 10.2. The zero-order valence-corrected chi connectivity index (χ0v) is 19.5. The number of ether oxygens (including phenoxy) is 1. The lowest BCUT2D eigenvalue weighted by Gasteiger charge is -2.16. The molecule has 1 saturated heterocycles. The lowest BCUT2D eigenvalue weighted by molar-refractivity contribution is 0.102. The maximum absolute atomic E-state index is 12.9. The van der Waals surface area contributed by atoms with E-state index in [0.717, 1.165) is 31.7 Å². The Morgan fingerprint density at radius 2 is 1.88 bits per heavy atom. The molecule has 0 saturated carbocycles. The van der Waals surface area contributed by atoms with Gasteiger partial charge in [-0.25, -0.2) is 13.4 Å². The summed E-state index contributed by atoms with van der Waals surface area (Å²) in [7, 11) is -2.56. The number of benzene rings is 2. The van der Waals surface area contributed by atoms with Crippen molar-refractivity contribution >= 4 is 44.7 Å². The molecule has 172 valence electrons. The Balaban J connectivity index is 1.50. The van der Waals surface area contributed by atoms with E-state index in [2.05, 4.69) is 19.9 Å². The summed E-state index contributed by atoms with van der Waals surface area (Å²) in [6.45, 7) is 1.96. The van der Waals surface area contributed by atoms with Gasteiger partial charge in [0, 0.05) is 23.7 Å². The summed E-state index contributed by atoms with van der Waals surface area (Å²) in [6, 6.07) is 14.0. The van der Waals surface area contributed by atoms with E-state index in [1.165, 1.54) is 31.4 Å². The fourth-order valence-electron chi connectivity index (χ4n) is 3.56. The average molecular weight is 487 g/mol. The highest BCUT2D eigenvalue weighted by molar-refractivity contribution is 7.92. The minimum atomic E-state index is -3.99. The Morgan fingerprint density at radius 3 is 2.58 bits per heavy atom. The van der Waals surface area contributed by atoms with Crippen molar-refractivity contribution in [2.75, 3.05) is 35.1 Å². The number of nitrogens with zero attached hydrogens (tertiary/aromatic N) is 2. The summed E-state index contributed by atoms with van der Waals surface area (Å²) in [4.78, 5) is 19.3. The van der Waals surface area contributed by atoms with Gasteiger partial charge < -0.3 is 15.0 Å². The number of carbonyl (C=O) groups is 1. The van der Waals surface area contributed by atoms with E-state index in [9.17, 15) is 13.2 Å². The van der Waals surface area contributed by atoms with Gasteiger partial charge >= 0.3 is 0 Å². The van der Waals surface area contributed by atoms with Crippen molar-refractivity contribution in [3.63, 3.8) is 0 Å². The molecule has 2 aromatic carbocycles. The van der Waals surface area contributed by atoms with E-state index < -0.39 is 15.9 Å². The normalized spacial score (nSPS) is 13.6. The van der Waals surface area contributed by atoms with Gasteiger partial charge in [-0.05, 0) is 61.4 Å². The number of anilines is 3. The van der Waals surface area contributed by atoms with Crippen LogP contribution < -0.4 is 19.7 Å². The standard InChI is InChI=1S/C23H23ClN4O4S/c1-32-21-9-7-17(24)14-20(21)27-33(30,31)19-6-4-5-16(13-19)23(29)26-18-8-10-22(25-15-18)28-11-2-3-12-28/h4-10,13-15,27H,2-3,11-12H2,1H3,(H,26,29). The molecule has 4 rings (SSSR count). The monoisotopic (exact) mass is 486 g/mol. The topological polar surface area (TPSA) is 101 Å². The number of nitrogens with one attached hydrogen (secondary N) is 2. The number of halogens is 1. The minimum Gasteiger partial charge on any atom is -0.495 e. The van der Waals surface area contributed by atoms with Gasteiger partial charge in [-0.1, -0.05) is 17.7 Å². The van der Waals surface area contributed by atoms with Crippen molar-refractivity contribution in [2.45, 2.75) is 17.7 Å². The third kappa shape index (κ3) is 5.37. The van der Waals surface area contributed by atoms with Crippen LogP contribution >= 0.6 is 11.6 Å². The number of pyridine rings is 1. The van der Waals surface area contributed by atoms with Crippen molar-refractivity contribution in [1.82, 2.24) is 4.98 Å². The molecule has 2 heterocycles. The molecule has 1 aromatic heterocycles. The summed E-state index contributed by atoms with van der Waals surface area (Å²) >= 11 is 5.99. The highest BCUT2D eigenvalue weighted by atomic mass is 35.5. The first kappa shape index (κ1) is 22.9. The molecule has 1 aliphatic rings. The van der Waals surface area contributed by atoms with Crippen LogP contribution in [0.3, 0.4) is 0 Å². The maximum Gasteiger partial charge on any atom is 0.262 e. The second kappa shape index (κ2) is 9.68. The van der Waals surface area contributed by atoms with Crippen molar-refractivity contribution in [3.05, 3.63) is 71.4 Å². The van der Waals surface area contributed by atoms with Crippen molar-refractivity contribution in [1.29, 1.82) is 0 Å². The van der Waals surface area contributed by atoms with Crippen LogP contribution in [0.4, 0.5) is 17.2 Å². The molecular weight excluding hydrogens is 464 g/mol. The van der Waals surface area contributed by atoms with Gasteiger partial charge in [0.15, 0.2) is 0 Å². The number of methoxy groups -OCH3 is 1. The summed E-state index contributed by atoms with van der Waals surface area (Å²) in [6.07, 6.45) is 3.90. The number of aromatic nitrogens is 1. The SMILES string of the molecule is COc1ccc(Cl)cc1NS(=O)(=O)c1cccc(C(=O)Nc2ccc(N3CCCC3)nc2)c1. The zero-order chi connectivity index (χ0) is 23.4. The van der Waals surface area contributed by atoms with Crippen LogP contribution in [0.25, 0.3) is 0 Å². The first-order valence-corrected chi connectivity index (χ1v) is 12.2. The molecule has 3 aromatic rings. The molecule has 0 bridgehead atoms. The van der Waals surface area contributed by atoms with Gasteiger partial charge in [-0.15, -0.1) is 0 Å². The van der Waals surface area contributed by atoms with Crippen LogP contribution in [0.5, 0.6) is 5.75 Å². The van der Waals surface area contributed by atoms with Gasteiger partial charge in [0.05, 0.1) is 29.6 Å². The molecule has 10 heteroatoms. The van der Waals surface area contributed by atoms with Gasteiger partial charge in [0.2, 0.25) is 0 Å². The van der Waals surface area contributed by atoms with Crippen LogP contribution in [0.1, 0.15) is 23.2 Å². The molecule has 33 heavy (non-hydrogen) atoms. The molecule has 0 radical (unpaired) electrons. The summed E-state index contributed by atoms with van der Waals surface area (Å²) in [5.74, 6) is 0.756. The predicted molar refractivity (Wildman–Crippen MR) is 129 cm³/mol. The fraction of sp³-hybridized carbons (Fsp3) is 0.217. The molecule has 0 spiro atoms. The van der Waals surface area contributed by atoms with E-state index in [-0.39, 0.29) is 16.1 Å². The average Bonchev–Trinajstić information content (AvgIpc) is 3.35. The molecule has 0 atom stereocenters. The molecule has 1 fully saturated rings. The number of hydrogen-bond donors (Lipinski definition) is 2. The second-order valence-corrected chi connectivity index (χ2v) is 9.65. The highest BCUT2D eigenvalue weighted by Gasteiger charge is 2.19. The van der Waals surface area contributed by atoms with E-state index in [1.54, 1.807) is 30.5 Å². The zero-order valence-electron chi connectivity index (χ0n) is 17.9. The van der Waals surface area contributed by atoms with E-state index in [4.69, 9.17) is 16.3 Å². The summed E-state index contributed by atoms with van der Waals surface area (Å²) in [5.41, 5.74) is 0.918. The molecule has 8 nitrogen and oxygen atoms in total. The van der Waals surface area contributed by atoms with E-state index in [1.807, 2.05) is 6.07 Å². The number of carbonyl (C=O) groups excluding carboxylic acids is 1. The Kier molecular flexibility index (Phi) is 6.71. The van der Waals surface area contributed by atoms with Crippen LogP contribution in [-0.2, 0) is 10.0 Å². The molecule has 1 aliphatic heterocycles. The third-order valence-corrected chi connectivity index (χ3v) is 6.85. The molecule has 0 unspecified atom stereocenters. The Labute approximate surface area is 197 Å². The van der Waals surface area contributed by atoms with Crippen molar-refractivity contribution < 1.29 is 17.9 Å². The first-order chi connectivity index (χ1) is 15.9. The van der Waals surface area contributed by atoms with Crippen LogP contribution in [0, 0.1) is 0 Å². The second-order valence-electron chi connectivity index (χ2n) is 7.53. The van der Waals surface area contributed by atoms with Gasteiger partial charge in [0.25, 0.3) is 15.9 Å².